The van der Waals surface area contributed by atoms with Crippen molar-refractivity contribution in [2.45, 2.75) is 18.8 Å². The van der Waals surface area contributed by atoms with Crippen molar-refractivity contribution in [3.8, 4) is 16.9 Å². The van der Waals surface area contributed by atoms with Crippen molar-refractivity contribution in [2.75, 3.05) is 6.61 Å². The number of aromatic carboxylic acids is 1. The molecule has 0 saturated carbocycles. The van der Waals surface area contributed by atoms with E-state index in [2.05, 4.69) is 9.98 Å². The number of carboxylic acids is 1. The molecule has 0 radical (unpaired) electrons. The Morgan fingerprint density at radius 1 is 1.24 bits per heavy atom. The maximum atomic E-state index is 13.5. The van der Waals surface area contributed by atoms with Gasteiger partial charge in [0.2, 0.25) is 0 Å². The fourth-order valence-electron chi connectivity index (χ4n) is 3.50. The van der Waals surface area contributed by atoms with Crippen molar-refractivity contribution < 1.29 is 19.0 Å². The van der Waals surface area contributed by atoms with Crippen LogP contribution in [0.3, 0.4) is 0 Å². The molecule has 1 aliphatic heterocycles. The van der Waals surface area contributed by atoms with Gasteiger partial charge in [-0.3, -0.25) is 9.98 Å². The molecular formula is C23H19FN2O3. The first kappa shape index (κ1) is 18.8. The molecule has 0 amide bonds. The highest BCUT2D eigenvalue weighted by Crippen LogP contribution is 2.38. The summed E-state index contributed by atoms with van der Waals surface area (Å²) in [6, 6.07) is 13.8. The van der Waals surface area contributed by atoms with E-state index in [0.717, 1.165) is 28.9 Å². The Kier molecular flexibility index (Phi) is 5.33. The van der Waals surface area contributed by atoms with Crippen molar-refractivity contribution >= 4 is 17.9 Å². The number of rotatable bonds is 5. The number of hydrogen-bond donors (Lipinski definition) is 1. The average Bonchev–Trinajstić information content (AvgIpc) is 2.74. The molecule has 1 aromatic heterocycles. The average molecular weight is 390 g/mol. The molecule has 2 heterocycles. The number of carboxylic acid groups (broad SMARTS) is 1. The molecule has 1 aliphatic rings. The van der Waals surface area contributed by atoms with Crippen LogP contribution in [0.5, 0.6) is 5.75 Å². The number of fused-ring (bicyclic) bond motifs is 1. The number of aromatic nitrogens is 1. The number of halogens is 1. The zero-order valence-corrected chi connectivity index (χ0v) is 15.6. The van der Waals surface area contributed by atoms with Crippen molar-refractivity contribution in [2.24, 2.45) is 4.99 Å². The summed E-state index contributed by atoms with van der Waals surface area (Å²) in [5.74, 6) is -0.287. The highest BCUT2D eigenvalue weighted by atomic mass is 19.1. The summed E-state index contributed by atoms with van der Waals surface area (Å²) < 4.78 is 19.4. The first-order valence-electron chi connectivity index (χ1n) is 9.34. The van der Waals surface area contributed by atoms with E-state index in [9.17, 15) is 14.3 Å². The number of ether oxygens (including phenoxy) is 1. The van der Waals surface area contributed by atoms with E-state index < -0.39 is 5.97 Å². The van der Waals surface area contributed by atoms with Crippen molar-refractivity contribution in [3.63, 3.8) is 0 Å². The van der Waals surface area contributed by atoms with E-state index in [-0.39, 0.29) is 17.3 Å². The Hall–Kier alpha value is -3.54. The zero-order valence-electron chi connectivity index (χ0n) is 15.6. The Morgan fingerprint density at radius 3 is 2.93 bits per heavy atom. The van der Waals surface area contributed by atoms with Crippen LogP contribution in [-0.4, -0.2) is 28.9 Å². The molecular weight excluding hydrogens is 371 g/mol. The lowest BCUT2D eigenvalue weighted by Gasteiger charge is -2.25. The van der Waals surface area contributed by atoms with Gasteiger partial charge in [-0.25, -0.2) is 9.18 Å². The maximum Gasteiger partial charge on any atom is 0.338 e. The fraction of sp³-hybridized carbons (Fsp3) is 0.174. The summed E-state index contributed by atoms with van der Waals surface area (Å²) >= 11 is 0. The molecule has 4 rings (SSSR count). The summed E-state index contributed by atoms with van der Waals surface area (Å²) in [6.07, 6.45) is 6.13. The minimum Gasteiger partial charge on any atom is -0.493 e. The maximum absolute atomic E-state index is 13.5. The minimum absolute atomic E-state index is 0.128. The van der Waals surface area contributed by atoms with Gasteiger partial charge in [0.25, 0.3) is 0 Å². The SMILES string of the molecule is O=C(O)c1ccncc1N=CCC1CCOc2cc(-c3cccc(F)c3)ccc21. The van der Waals surface area contributed by atoms with Crippen molar-refractivity contribution in [1.82, 2.24) is 4.98 Å². The molecule has 0 bridgehead atoms. The second kappa shape index (κ2) is 8.22. The Bertz CT molecular complexity index is 1080. The van der Waals surface area contributed by atoms with Crippen LogP contribution < -0.4 is 4.74 Å². The second-order valence-corrected chi connectivity index (χ2v) is 6.84. The number of pyridine rings is 1. The monoisotopic (exact) mass is 390 g/mol. The molecule has 29 heavy (non-hydrogen) atoms. The molecule has 1 atom stereocenters. The summed E-state index contributed by atoms with van der Waals surface area (Å²) in [5, 5.41) is 9.24. The van der Waals surface area contributed by atoms with Crippen molar-refractivity contribution in [3.05, 3.63) is 77.9 Å². The van der Waals surface area contributed by atoms with Crippen LogP contribution in [0.25, 0.3) is 11.1 Å². The van der Waals surface area contributed by atoms with E-state index in [0.29, 0.717) is 18.7 Å². The first-order valence-corrected chi connectivity index (χ1v) is 9.34. The normalized spacial score (nSPS) is 15.7. The third-order valence-electron chi connectivity index (χ3n) is 4.99. The topological polar surface area (TPSA) is 71.8 Å². The van der Waals surface area contributed by atoms with Gasteiger partial charge in [0.05, 0.1) is 24.1 Å². The van der Waals surface area contributed by atoms with Crippen LogP contribution in [-0.2, 0) is 0 Å². The van der Waals surface area contributed by atoms with E-state index in [4.69, 9.17) is 4.74 Å². The van der Waals surface area contributed by atoms with E-state index >= 15 is 0 Å². The number of carbonyl (C=O) groups is 1. The van der Waals surface area contributed by atoms with Gasteiger partial charge in [-0.15, -0.1) is 0 Å². The molecule has 3 aromatic rings. The highest BCUT2D eigenvalue weighted by Gasteiger charge is 2.21. The van der Waals surface area contributed by atoms with Gasteiger partial charge in [0.1, 0.15) is 11.6 Å². The number of nitrogens with zero attached hydrogens (tertiary/aromatic N) is 2. The number of hydrogen-bond acceptors (Lipinski definition) is 4. The van der Waals surface area contributed by atoms with Crippen LogP contribution in [0, 0.1) is 5.82 Å². The quantitative estimate of drug-likeness (QED) is 0.605. The lowest BCUT2D eigenvalue weighted by molar-refractivity contribution is 0.0697. The predicted octanol–water partition coefficient (Wildman–Crippen LogP) is 5.24. The van der Waals surface area contributed by atoms with Gasteiger partial charge in [-0.05, 0) is 59.7 Å². The lowest BCUT2D eigenvalue weighted by atomic mass is 9.89. The third kappa shape index (κ3) is 4.16. The third-order valence-corrected chi connectivity index (χ3v) is 4.99. The van der Waals surface area contributed by atoms with Crippen molar-refractivity contribution in [1.29, 1.82) is 0 Å². The molecule has 1 unspecified atom stereocenters. The zero-order chi connectivity index (χ0) is 20.2. The molecule has 146 valence electrons. The smallest absolute Gasteiger partial charge is 0.338 e. The van der Waals surface area contributed by atoms with E-state index in [1.165, 1.54) is 30.6 Å². The van der Waals surface area contributed by atoms with Crippen LogP contribution in [0.2, 0.25) is 0 Å². The van der Waals surface area contributed by atoms with E-state index in [1.54, 1.807) is 12.3 Å². The molecule has 1 N–H and O–H groups in total. The largest absolute Gasteiger partial charge is 0.493 e. The molecule has 0 fully saturated rings. The molecule has 0 spiro atoms. The van der Waals surface area contributed by atoms with Gasteiger partial charge < -0.3 is 9.84 Å². The van der Waals surface area contributed by atoms with Gasteiger partial charge in [0, 0.05) is 12.4 Å². The van der Waals surface area contributed by atoms with Crippen LogP contribution in [0.1, 0.15) is 34.7 Å². The first-order chi connectivity index (χ1) is 14.1. The number of benzene rings is 2. The summed E-state index contributed by atoms with van der Waals surface area (Å²) in [5.41, 5.74) is 3.25. The lowest BCUT2D eigenvalue weighted by Crippen LogP contribution is -2.14. The van der Waals surface area contributed by atoms with Gasteiger partial charge in [-0.2, -0.15) is 0 Å². The fourth-order valence-corrected chi connectivity index (χ4v) is 3.50. The Morgan fingerprint density at radius 2 is 2.10 bits per heavy atom. The van der Waals surface area contributed by atoms with Gasteiger partial charge >= 0.3 is 5.97 Å². The van der Waals surface area contributed by atoms with Crippen LogP contribution in [0.4, 0.5) is 10.1 Å². The summed E-state index contributed by atoms with van der Waals surface area (Å²) in [7, 11) is 0. The molecule has 0 saturated heterocycles. The Balaban J connectivity index is 1.54. The predicted molar refractivity (Wildman–Crippen MR) is 109 cm³/mol. The number of aliphatic imine (C=N–C) groups is 1. The second-order valence-electron chi connectivity index (χ2n) is 6.84. The van der Waals surface area contributed by atoms with E-state index in [1.807, 2.05) is 24.3 Å². The molecule has 0 aliphatic carbocycles. The van der Waals surface area contributed by atoms with Crippen LogP contribution in [0.15, 0.2) is 65.9 Å². The molecule has 5 nitrogen and oxygen atoms in total. The summed E-state index contributed by atoms with van der Waals surface area (Å²) in [4.78, 5) is 19.5. The molecule has 6 heteroatoms. The molecule has 2 aromatic carbocycles. The van der Waals surface area contributed by atoms with Crippen LogP contribution >= 0.6 is 0 Å². The van der Waals surface area contributed by atoms with Gasteiger partial charge in [0.15, 0.2) is 0 Å². The Labute approximate surface area is 167 Å². The highest BCUT2D eigenvalue weighted by molar-refractivity contribution is 5.93. The summed E-state index contributed by atoms with van der Waals surface area (Å²) in [6.45, 7) is 0.589. The standard InChI is InChI=1S/C23H19FN2O3/c24-18-3-1-2-16(12-18)17-4-5-19-15(8-11-29-22(19)13-17)6-10-26-21-14-25-9-7-20(21)23(27)28/h1-5,7,9-10,12-15H,6,8,11H2,(H,27,28). The minimum atomic E-state index is -1.03. The van der Waals surface area contributed by atoms with Gasteiger partial charge in [-0.1, -0.05) is 24.3 Å².